The van der Waals surface area contributed by atoms with Gasteiger partial charge in [-0.2, -0.15) is 0 Å². The summed E-state index contributed by atoms with van der Waals surface area (Å²) >= 11 is 0. The van der Waals surface area contributed by atoms with Crippen LogP contribution in [0.3, 0.4) is 0 Å². The van der Waals surface area contributed by atoms with Gasteiger partial charge in [0.2, 0.25) is 0 Å². The summed E-state index contributed by atoms with van der Waals surface area (Å²) in [4.78, 5) is 4.34. The van der Waals surface area contributed by atoms with Crippen LogP contribution in [0.4, 0.5) is 0 Å². The molecule has 0 radical (unpaired) electrons. The van der Waals surface area contributed by atoms with Crippen molar-refractivity contribution in [3.05, 3.63) is 35.2 Å². The third-order valence-electron chi connectivity index (χ3n) is 2.12. The van der Waals surface area contributed by atoms with Gasteiger partial charge in [0.25, 0.3) is 0 Å². The number of nitrogens with one attached hydrogen (secondary N) is 1. The van der Waals surface area contributed by atoms with E-state index in [2.05, 4.69) is 43.2 Å². The maximum Gasteiger partial charge on any atom is 0.0629 e. The van der Waals surface area contributed by atoms with E-state index in [1.54, 1.807) is 0 Å². The summed E-state index contributed by atoms with van der Waals surface area (Å²) in [5.41, 5.74) is 3.54. The number of nitrogens with zero attached hydrogens (tertiary/aromatic N) is 1. The van der Waals surface area contributed by atoms with Crippen LogP contribution in [0.2, 0.25) is 0 Å². The van der Waals surface area contributed by atoms with Crippen LogP contribution in [-0.4, -0.2) is 17.6 Å². The fraction of sp³-hybridized carbons (Fsp3) is 0.462. The molecule has 0 bridgehead atoms. The lowest BCUT2D eigenvalue weighted by molar-refractivity contribution is 0.622. The van der Waals surface area contributed by atoms with Gasteiger partial charge in [0.1, 0.15) is 0 Å². The summed E-state index contributed by atoms with van der Waals surface area (Å²) in [6, 6.07) is 4.66. The molecule has 0 fully saturated rings. The third kappa shape index (κ3) is 4.75. The SMILES string of the molecule is C/C(=C\c1ccc(C)cn1)CNC(C)C. The molecule has 0 atom stereocenters. The average Bonchev–Trinajstić information content (AvgIpc) is 2.19. The summed E-state index contributed by atoms with van der Waals surface area (Å²) in [6.45, 7) is 9.40. The Labute approximate surface area is 92.4 Å². The highest BCUT2D eigenvalue weighted by Gasteiger charge is 1.95. The number of hydrogen-bond donors (Lipinski definition) is 1. The summed E-state index contributed by atoms with van der Waals surface area (Å²) in [6.07, 6.45) is 4.02. The molecule has 0 amide bonds. The Morgan fingerprint density at radius 3 is 2.73 bits per heavy atom. The van der Waals surface area contributed by atoms with E-state index in [1.807, 2.05) is 19.2 Å². The van der Waals surface area contributed by atoms with Crippen LogP contribution in [0, 0.1) is 6.92 Å². The van der Waals surface area contributed by atoms with Crippen molar-refractivity contribution in [2.45, 2.75) is 33.7 Å². The molecule has 1 N–H and O–H groups in total. The van der Waals surface area contributed by atoms with Crippen LogP contribution in [0.15, 0.2) is 23.9 Å². The monoisotopic (exact) mass is 204 g/mol. The van der Waals surface area contributed by atoms with Gasteiger partial charge in [-0.1, -0.05) is 25.5 Å². The van der Waals surface area contributed by atoms with Crippen molar-refractivity contribution in [2.75, 3.05) is 6.54 Å². The lowest BCUT2D eigenvalue weighted by atomic mass is 10.2. The summed E-state index contributed by atoms with van der Waals surface area (Å²) < 4.78 is 0. The Bertz CT molecular complexity index is 323. The predicted molar refractivity (Wildman–Crippen MR) is 65.8 cm³/mol. The number of rotatable bonds is 4. The van der Waals surface area contributed by atoms with Gasteiger partial charge in [0.15, 0.2) is 0 Å². The van der Waals surface area contributed by atoms with Gasteiger partial charge in [-0.25, -0.2) is 0 Å². The Morgan fingerprint density at radius 1 is 1.47 bits per heavy atom. The van der Waals surface area contributed by atoms with E-state index in [1.165, 1.54) is 11.1 Å². The number of aryl methyl sites for hydroxylation is 1. The largest absolute Gasteiger partial charge is 0.311 e. The molecule has 0 unspecified atom stereocenters. The average molecular weight is 204 g/mol. The molecule has 0 aromatic carbocycles. The van der Waals surface area contributed by atoms with Crippen LogP contribution in [0.5, 0.6) is 0 Å². The second kappa shape index (κ2) is 5.66. The highest BCUT2D eigenvalue weighted by Crippen LogP contribution is 2.04. The summed E-state index contributed by atoms with van der Waals surface area (Å²) in [5.74, 6) is 0. The molecule has 0 spiro atoms. The van der Waals surface area contributed by atoms with Gasteiger partial charge in [0.05, 0.1) is 5.69 Å². The van der Waals surface area contributed by atoms with E-state index >= 15 is 0 Å². The Kier molecular flexibility index (Phi) is 4.50. The highest BCUT2D eigenvalue weighted by atomic mass is 14.9. The first-order valence-electron chi connectivity index (χ1n) is 5.41. The van der Waals surface area contributed by atoms with Gasteiger partial charge in [-0.3, -0.25) is 4.98 Å². The predicted octanol–water partition coefficient (Wildman–Crippen LogP) is 2.79. The minimum absolute atomic E-state index is 0.527. The van der Waals surface area contributed by atoms with Crippen LogP contribution in [-0.2, 0) is 0 Å². The molecule has 2 nitrogen and oxygen atoms in total. The summed E-state index contributed by atoms with van der Waals surface area (Å²) in [5, 5.41) is 3.38. The molecule has 0 saturated carbocycles. The van der Waals surface area contributed by atoms with Crippen molar-refractivity contribution in [1.29, 1.82) is 0 Å². The summed E-state index contributed by atoms with van der Waals surface area (Å²) in [7, 11) is 0. The van der Waals surface area contributed by atoms with Crippen molar-refractivity contribution in [3.63, 3.8) is 0 Å². The van der Waals surface area contributed by atoms with Gasteiger partial charge in [0, 0.05) is 18.8 Å². The van der Waals surface area contributed by atoms with E-state index in [4.69, 9.17) is 0 Å². The zero-order chi connectivity index (χ0) is 11.3. The molecule has 1 aromatic rings. The first-order valence-corrected chi connectivity index (χ1v) is 5.41. The third-order valence-corrected chi connectivity index (χ3v) is 2.12. The molecule has 1 heterocycles. The molecule has 1 rings (SSSR count). The lowest BCUT2D eigenvalue weighted by Crippen LogP contribution is -2.24. The molecule has 0 aliphatic rings. The van der Waals surface area contributed by atoms with Gasteiger partial charge in [-0.05, 0) is 31.6 Å². The van der Waals surface area contributed by atoms with Crippen LogP contribution in [0.25, 0.3) is 6.08 Å². The minimum Gasteiger partial charge on any atom is -0.311 e. The highest BCUT2D eigenvalue weighted by molar-refractivity contribution is 5.48. The number of aromatic nitrogens is 1. The second-order valence-corrected chi connectivity index (χ2v) is 4.29. The van der Waals surface area contributed by atoms with Crippen molar-refractivity contribution in [1.82, 2.24) is 10.3 Å². The number of hydrogen-bond acceptors (Lipinski definition) is 2. The Morgan fingerprint density at radius 2 is 2.20 bits per heavy atom. The second-order valence-electron chi connectivity index (χ2n) is 4.29. The molecule has 0 saturated heterocycles. The molecule has 0 aliphatic carbocycles. The molecule has 15 heavy (non-hydrogen) atoms. The first-order chi connectivity index (χ1) is 7.08. The Balaban J connectivity index is 2.58. The molecule has 2 heteroatoms. The quantitative estimate of drug-likeness (QED) is 0.815. The van der Waals surface area contributed by atoms with Gasteiger partial charge in [-0.15, -0.1) is 0 Å². The van der Waals surface area contributed by atoms with E-state index in [0.29, 0.717) is 6.04 Å². The standard InChI is InChI=1S/C13H20N2/c1-10(2)14-9-12(4)7-13-6-5-11(3)8-15-13/h5-8,10,14H,9H2,1-4H3/b12-7+. The normalized spacial score (nSPS) is 12.2. The molecule has 82 valence electrons. The fourth-order valence-corrected chi connectivity index (χ4v) is 1.23. The molecular formula is C13H20N2. The zero-order valence-electron chi connectivity index (χ0n) is 10.0. The molecular weight excluding hydrogens is 184 g/mol. The van der Waals surface area contributed by atoms with Crippen molar-refractivity contribution < 1.29 is 0 Å². The topological polar surface area (TPSA) is 24.9 Å². The van der Waals surface area contributed by atoms with E-state index in [0.717, 1.165) is 12.2 Å². The fourth-order valence-electron chi connectivity index (χ4n) is 1.23. The van der Waals surface area contributed by atoms with Crippen LogP contribution < -0.4 is 5.32 Å². The lowest BCUT2D eigenvalue weighted by Gasteiger charge is -2.07. The Hall–Kier alpha value is -1.15. The number of pyridine rings is 1. The molecule has 1 aromatic heterocycles. The maximum absolute atomic E-state index is 4.34. The van der Waals surface area contributed by atoms with Crippen molar-refractivity contribution >= 4 is 6.08 Å². The maximum atomic E-state index is 4.34. The van der Waals surface area contributed by atoms with E-state index in [-0.39, 0.29) is 0 Å². The van der Waals surface area contributed by atoms with Gasteiger partial charge < -0.3 is 5.32 Å². The first kappa shape index (κ1) is 11.9. The van der Waals surface area contributed by atoms with E-state index in [9.17, 15) is 0 Å². The van der Waals surface area contributed by atoms with Crippen LogP contribution in [0.1, 0.15) is 32.0 Å². The van der Waals surface area contributed by atoms with Crippen LogP contribution >= 0.6 is 0 Å². The van der Waals surface area contributed by atoms with E-state index < -0.39 is 0 Å². The van der Waals surface area contributed by atoms with Gasteiger partial charge >= 0.3 is 0 Å². The molecule has 0 aliphatic heterocycles. The van der Waals surface area contributed by atoms with Crippen molar-refractivity contribution in [3.8, 4) is 0 Å². The zero-order valence-corrected chi connectivity index (χ0v) is 10.0. The van der Waals surface area contributed by atoms with Crippen molar-refractivity contribution in [2.24, 2.45) is 0 Å². The minimum atomic E-state index is 0.527. The smallest absolute Gasteiger partial charge is 0.0629 e.